The number of para-hydroxylation sites is 1. The summed E-state index contributed by atoms with van der Waals surface area (Å²) >= 11 is 0. The highest BCUT2D eigenvalue weighted by atomic mass is 16.5. The van der Waals surface area contributed by atoms with Crippen LogP contribution in [0.1, 0.15) is 22.8 Å². The number of hydrogen-bond acceptors (Lipinski definition) is 6. The maximum atomic E-state index is 12.1. The third-order valence-electron chi connectivity index (χ3n) is 3.68. The summed E-state index contributed by atoms with van der Waals surface area (Å²) in [4.78, 5) is 36.2. The van der Waals surface area contributed by atoms with Gasteiger partial charge in [0.2, 0.25) is 0 Å². The van der Waals surface area contributed by atoms with Gasteiger partial charge in [-0.25, -0.2) is 0 Å². The SMILES string of the molecule is COc1ccccc1C(=O)NCC(=O)OC(C)C(=O)Nc1cccc(C#N)c1. The number of amides is 2. The fraction of sp³-hybridized carbons (Fsp3) is 0.200. The zero-order valence-electron chi connectivity index (χ0n) is 15.4. The predicted octanol–water partition coefficient (Wildman–Crippen LogP) is 1.87. The van der Waals surface area contributed by atoms with Gasteiger partial charge in [-0.05, 0) is 37.3 Å². The van der Waals surface area contributed by atoms with Crippen LogP contribution in [0.2, 0.25) is 0 Å². The van der Waals surface area contributed by atoms with Crippen molar-refractivity contribution in [3.63, 3.8) is 0 Å². The summed E-state index contributed by atoms with van der Waals surface area (Å²) in [6.45, 7) is 1.00. The molecule has 8 nitrogen and oxygen atoms in total. The number of hydrogen-bond donors (Lipinski definition) is 2. The Morgan fingerprint density at radius 2 is 1.89 bits per heavy atom. The molecule has 0 aliphatic heterocycles. The maximum Gasteiger partial charge on any atom is 0.326 e. The summed E-state index contributed by atoms with van der Waals surface area (Å²) in [5.74, 6) is -1.45. The number of benzene rings is 2. The second-order valence-corrected chi connectivity index (χ2v) is 5.70. The van der Waals surface area contributed by atoms with Gasteiger partial charge in [-0.1, -0.05) is 18.2 Å². The second kappa shape index (κ2) is 9.73. The normalized spacial score (nSPS) is 10.9. The van der Waals surface area contributed by atoms with Crippen molar-refractivity contribution in [2.75, 3.05) is 19.0 Å². The van der Waals surface area contributed by atoms with E-state index in [2.05, 4.69) is 10.6 Å². The van der Waals surface area contributed by atoms with Crippen LogP contribution in [0.25, 0.3) is 0 Å². The molecule has 0 saturated heterocycles. The molecule has 0 radical (unpaired) electrons. The van der Waals surface area contributed by atoms with Gasteiger partial charge < -0.3 is 20.1 Å². The number of nitriles is 1. The van der Waals surface area contributed by atoms with Crippen LogP contribution < -0.4 is 15.4 Å². The molecule has 2 rings (SSSR count). The van der Waals surface area contributed by atoms with Crippen LogP contribution in [0.3, 0.4) is 0 Å². The number of nitrogens with zero attached hydrogens (tertiary/aromatic N) is 1. The van der Waals surface area contributed by atoms with E-state index in [0.29, 0.717) is 17.0 Å². The van der Waals surface area contributed by atoms with E-state index in [9.17, 15) is 14.4 Å². The zero-order valence-corrected chi connectivity index (χ0v) is 15.4. The molecule has 0 spiro atoms. The molecule has 0 bridgehead atoms. The van der Waals surface area contributed by atoms with Gasteiger partial charge in [0.1, 0.15) is 12.3 Å². The van der Waals surface area contributed by atoms with Crippen molar-refractivity contribution >= 4 is 23.5 Å². The Labute approximate surface area is 162 Å². The lowest BCUT2D eigenvalue weighted by atomic mass is 10.2. The Balaban J connectivity index is 1.85. The number of carbonyl (C=O) groups excluding carboxylic acids is 3. The zero-order chi connectivity index (χ0) is 20.5. The van der Waals surface area contributed by atoms with Gasteiger partial charge in [0.15, 0.2) is 6.10 Å². The largest absolute Gasteiger partial charge is 0.496 e. The van der Waals surface area contributed by atoms with Crippen LogP contribution in [0.5, 0.6) is 5.75 Å². The molecule has 0 aliphatic carbocycles. The summed E-state index contributed by atoms with van der Waals surface area (Å²) in [5.41, 5.74) is 1.08. The average Bonchev–Trinajstić information content (AvgIpc) is 2.71. The predicted molar refractivity (Wildman–Crippen MR) is 101 cm³/mol. The molecule has 0 fully saturated rings. The molecule has 0 aromatic heterocycles. The molecule has 144 valence electrons. The highest BCUT2D eigenvalue weighted by molar-refractivity contribution is 5.99. The molecule has 2 N–H and O–H groups in total. The molecule has 0 aliphatic rings. The van der Waals surface area contributed by atoms with Crippen LogP contribution in [-0.2, 0) is 14.3 Å². The van der Waals surface area contributed by atoms with Crippen LogP contribution >= 0.6 is 0 Å². The van der Waals surface area contributed by atoms with Crippen molar-refractivity contribution in [1.82, 2.24) is 5.32 Å². The lowest BCUT2D eigenvalue weighted by Gasteiger charge is -2.14. The van der Waals surface area contributed by atoms with Gasteiger partial charge in [-0.2, -0.15) is 5.26 Å². The quantitative estimate of drug-likeness (QED) is 0.707. The van der Waals surface area contributed by atoms with Crippen LogP contribution in [0.15, 0.2) is 48.5 Å². The fourth-order valence-electron chi connectivity index (χ4n) is 2.28. The number of esters is 1. The van der Waals surface area contributed by atoms with Gasteiger partial charge in [-0.15, -0.1) is 0 Å². The number of ether oxygens (including phenoxy) is 2. The summed E-state index contributed by atoms with van der Waals surface area (Å²) in [7, 11) is 1.44. The lowest BCUT2D eigenvalue weighted by molar-refractivity contribution is -0.152. The minimum absolute atomic E-state index is 0.279. The molecule has 8 heteroatoms. The van der Waals surface area contributed by atoms with E-state index in [1.165, 1.54) is 20.1 Å². The molecular formula is C20H19N3O5. The number of methoxy groups -OCH3 is 1. The number of anilines is 1. The van der Waals surface area contributed by atoms with E-state index in [-0.39, 0.29) is 5.56 Å². The van der Waals surface area contributed by atoms with Gasteiger partial charge >= 0.3 is 5.97 Å². The Morgan fingerprint density at radius 1 is 1.14 bits per heavy atom. The van der Waals surface area contributed by atoms with Gasteiger partial charge in [0.05, 0.1) is 24.3 Å². The minimum Gasteiger partial charge on any atom is -0.496 e. The van der Waals surface area contributed by atoms with E-state index in [0.717, 1.165) is 0 Å². The van der Waals surface area contributed by atoms with E-state index in [4.69, 9.17) is 14.7 Å². The van der Waals surface area contributed by atoms with Crippen molar-refractivity contribution in [3.8, 4) is 11.8 Å². The second-order valence-electron chi connectivity index (χ2n) is 5.70. The Bertz CT molecular complexity index is 920. The maximum absolute atomic E-state index is 12.1. The summed E-state index contributed by atoms with van der Waals surface area (Å²) < 4.78 is 10.1. The summed E-state index contributed by atoms with van der Waals surface area (Å²) in [6, 6.07) is 14.9. The van der Waals surface area contributed by atoms with Crippen LogP contribution in [0, 0.1) is 11.3 Å². The van der Waals surface area contributed by atoms with E-state index in [1.807, 2.05) is 6.07 Å². The van der Waals surface area contributed by atoms with Gasteiger partial charge in [0, 0.05) is 5.69 Å². The molecule has 2 aromatic carbocycles. The van der Waals surface area contributed by atoms with Crippen molar-refractivity contribution in [2.45, 2.75) is 13.0 Å². The molecule has 1 atom stereocenters. The monoisotopic (exact) mass is 381 g/mol. The first-order valence-electron chi connectivity index (χ1n) is 8.36. The van der Waals surface area contributed by atoms with E-state index >= 15 is 0 Å². The number of nitrogens with one attached hydrogen (secondary N) is 2. The molecule has 1 unspecified atom stereocenters. The van der Waals surface area contributed by atoms with E-state index < -0.39 is 30.4 Å². The molecular weight excluding hydrogens is 362 g/mol. The molecule has 2 amide bonds. The average molecular weight is 381 g/mol. The summed E-state index contributed by atoms with van der Waals surface area (Å²) in [6.07, 6.45) is -1.08. The first-order valence-corrected chi connectivity index (χ1v) is 8.36. The third kappa shape index (κ3) is 5.57. The lowest BCUT2D eigenvalue weighted by Crippen LogP contribution is -2.36. The topological polar surface area (TPSA) is 118 Å². The number of carbonyl (C=O) groups is 3. The standard InChI is InChI=1S/C20H19N3O5/c1-13(19(25)23-15-7-5-6-14(10-15)11-21)28-18(24)12-22-20(26)16-8-3-4-9-17(16)27-2/h3-10,13H,12H2,1-2H3,(H,22,26)(H,23,25). The fourth-order valence-corrected chi connectivity index (χ4v) is 2.28. The van der Waals surface area contributed by atoms with Crippen molar-refractivity contribution in [3.05, 3.63) is 59.7 Å². The van der Waals surface area contributed by atoms with Crippen LogP contribution in [0.4, 0.5) is 5.69 Å². The highest BCUT2D eigenvalue weighted by Gasteiger charge is 2.19. The molecule has 28 heavy (non-hydrogen) atoms. The van der Waals surface area contributed by atoms with Crippen molar-refractivity contribution < 1.29 is 23.9 Å². The first kappa shape index (κ1) is 20.5. The highest BCUT2D eigenvalue weighted by Crippen LogP contribution is 2.16. The van der Waals surface area contributed by atoms with Crippen molar-refractivity contribution in [1.29, 1.82) is 5.26 Å². The minimum atomic E-state index is -1.08. The Morgan fingerprint density at radius 3 is 2.61 bits per heavy atom. The Kier molecular flexibility index (Phi) is 7.11. The van der Waals surface area contributed by atoms with Crippen LogP contribution in [-0.4, -0.2) is 37.5 Å². The smallest absolute Gasteiger partial charge is 0.326 e. The van der Waals surface area contributed by atoms with Gasteiger partial charge in [-0.3, -0.25) is 14.4 Å². The first-order chi connectivity index (χ1) is 13.4. The third-order valence-corrected chi connectivity index (χ3v) is 3.68. The molecule has 0 heterocycles. The number of rotatable bonds is 7. The molecule has 2 aromatic rings. The Hall–Kier alpha value is -3.86. The van der Waals surface area contributed by atoms with Crippen molar-refractivity contribution in [2.24, 2.45) is 0 Å². The van der Waals surface area contributed by atoms with E-state index in [1.54, 1.807) is 42.5 Å². The molecule has 0 saturated carbocycles. The summed E-state index contributed by atoms with van der Waals surface area (Å²) in [5, 5.41) is 13.8. The van der Waals surface area contributed by atoms with Gasteiger partial charge in [0.25, 0.3) is 11.8 Å².